The molecule has 3 atom stereocenters. The summed E-state index contributed by atoms with van der Waals surface area (Å²) in [5.74, 6) is 1.23. The minimum atomic E-state index is -0.274. The Hall–Kier alpha value is -0.190. The molecular weight excluding hydrogens is 184 g/mol. The minimum absolute atomic E-state index is 0.222. The van der Waals surface area contributed by atoms with Gasteiger partial charge < -0.3 is 5.73 Å². The maximum atomic E-state index is 11.8. The summed E-state index contributed by atoms with van der Waals surface area (Å²) >= 11 is 0. The van der Waals surface area contributed by atoms with Gasteiger partial charge in [-0.2, -0.15) is 0 Å². The first-order chi connectivity index (χ1) is 6.16. The summed E-state index contributed by atoms with van der Waals surface area (Å²) in [5.41, 5.74) is 7.77. The first kappa shape index (κ1) is 10.9. The standard InChI is InChI=1S/C9H18N2OS/c1-3-7(2)8(10)9(12)13-5-4-11-6-13/h6-8,11H,3-5,10H2,1-2H3/t7-,8-,13?/m0/s1. The predicted octanol–water partition coefficient (Wildman–Crippen LogP) is 0.518. The van der Waals surface area contributed by atoms with E-state index < -0.39 is 0 Å². The third-order valence-electron chi connectivity index (χ3n) is 2.48. The Labute approximate surface area is 82.0 Å². The second-order valence-electron chi connectivity index (χ2n) is 3.44. The SMILES string of the molecule is CC[C@H](C)[C@H](N)C(=O)S1=CNCC1. The van der Waals surface area contributed by atoms with Gasteiger partial charge in [0.1, 0.15) is 0 Å². The normalized spacial score (nSPS) is 26.5. The average molecular weight is 202 g/mol. The lowest BCUT2D eigenvalue weighted by molar-refractivity contribution is -0.113. The highest BCUT2D eigenvalue weighted by Gasteiger charge is 2.23. The fourth-order valence-electron chi connectivity index (χ4n) is 1.21. The van der Waals surface area contributed by atoms with Gasteiger partial charge in [0.05, 0.1) is 6.04 Å². The Bertz CT molecular complexity index is 228. The van der Waals surface area contributed by atoms with Crippen LogP contribution in [0.1, 0.15) is 20.3 Å². The lowest BCUT2D eigenvalue weighted by Crippen LogP contribution is -2.35. The van der Waals surface area contributed by atoms with Gasteiger partial charge in [-0.25, -0.2) is 0 Å². The molecule has 3 nitrogen and oxygen atoms in total. The molecule has 1 aliphatic heterocycles. The summed E-state index contributed by atoms with van der Waals surface area (Å²) in [6.07, 6.45) is 0.970. The van der Waals surface area contributed by atoms with E-state index in [4.69, 9.17) is 5.73 Å². The van der Waals surface area contributed by atoms with Crippen molar-refractivity contribution in [2.45, 2.75) is 26.3 Å². The van der Waals surface area contributed by atoms with Crippen LogP contribution < -0.4 is 11.1 Å². The van der Waals surface area contributed by atoms with Gasteiger partial charge in [-0.15, -0.1) is 10.5 Å². The molecule has 1 unspecified atom stereocenters. The van der Waals surface area contributed by atoms with Gasteiger partial charge in [0.15, 0.2) is 0 Å². The number of carbonyl (C=O) groups excluding carboxylic acids is 1. The lowest BCUT2D eigenvalue weighted by atomic mass is 10.0. The monoisotopic (exact) mass is 202 g/mol. The van der Waals surface area contributed by atoms with E-state index in [1.807, 2.05) is 12.4 Å². The highest BCUT2D eigenvalue weighted by Crippen LogP contribution is 2.20. The van der Waals surface area contributed by atoms with Gasteiger partial charge >= 0.3 is 0 Å². The summed E-state index contributed by atoms with van der Waals surface area (Å²) in [6.45, 7) is 5.02. The van der Waals surface area contributed by atoms with E-state index in [0.717, 1.165) is 18.7 Å². The molecule has 76 valence electrons. The molecule has 0 spiro atoms. The highest BCUT2D eigenvalue weighted by molar-refractivity contribution is 8.28. The van der Waals surface area contributed by atoms with E-state index in [-0.39, 0.29) is 21.6 Å². The third-order valence-corrected chi connectivity index (χ3v) is 4.36. The van der Waals surface area contributed by atoms with Crippen LogP contribution in [-0.2, 0) is 4.79 Å². The van der Waals surface area contributed by atoms with Crippen molar-refractivity contribution in [3.8, 4) is 0 Å². The second kappa shape index (κ2) is 4.88. The molecule has 13 heavy (non-hydrogen) atoms. The molecule has 0 saturated carbocycles. The van der Waals surface area contributed by atoms with E-state index >= 15 is 0 Å². The molecule has 0 radical (unpaired) electrons. The fraction of sp³-hybridized carbons (Fsp3) is 0.778. The Kier molecular flexibility index (Phi) is 4.09. The molecule has 4 heteroatoms. The van der Waals surface area contributed by atoms with E-state index in [2.05, 4.69) is 12.2 Å². The van der Waals surface area contributed by atoms with E-state index in [9.17, 15) is 4.79 Å². The van der Waals surface area contributed by atoms with Crippen molar-refractivity contribution in [1.82, 2.24) is 5.32 Å². The number of hydrogen-bond acceptors (Lipinski definition) is 3. The Morgan fingerprint density at radius 2 is 2.46 bits per heavy atom. The molecule has 3 N–H and O–H groups in total. The summed E-state index contributed by atoms with van der Waals surface area (Å²) in [7, 11) is -0.224. The largest absolute Gasteiger partial charge is 0.321 e. The van der Waals surface area contributed by atoms with Crippen molar-refractivity contribution < 1.29 is 4.79 Å². The number of nitrogens with one attached hydrogen (secondary N) is 1. The molecule has 0 amide bonds. The van der Waals surface area contributed by atoms with Crippen LogP contribution in [0, 0.1) is 5.92 Å². The molecule has 1 aliphatic rings. The Balaban J connectivity index is 2.56. The van der Waals surface area contributed by atoms with Crippen molar-refractivity contribution in [1.29, 1.82) is 0 Å². The van der Waals surface area contributed by atoms with E-state index in [1.165, 1.54) is 0 Å². The second-order valence-corrected chi connectivity index (χ2v) is 5.34. The zero-order valence-corrected chi connectivity index (χ0v) is 9.06. The maximum absolute atomic E-state index is 11.8. The molecule has 0 bridgehead atoms. The summed E-state index contributed by atoms with van der Waals surface area (Å²) in [4.78, 5) is 11.8. The van der Waals surface area contributed by atoms with Crippen molar-refractivity contribution in [3.05, 3.63) is 0 Å². The lowest BCUT2D eigenvalue weighted by Gasteiger charge is -2.17. The Morgan fingerprint density at radius 3 is 2.92 bits per heavy atom. The number of carbonyl (C=O) groups is 1. The number of rotatable bonds is 3. The van der Waals surface area contributed by atoms with Crippen molar-refractivity contribution in [2.75, 3.05) is 12.3 Å². The quantitative estimate of drug-likeness (QED) is 0.656. The van der Waals surface area contributed by atoms with Crippen LogP contribution in [0.5, 0.6) is 0 Å². The van der Waals surface area contributed by atoms with E-state index in [0.29, 0.717) is 5.92 Å². The van der Waals surface area contributed by atoms with Crippen LogP contribution in [0.3, 0.4) is 0 Å². The molecular formula is C9H18N2OS. The number of hydrogen-bond donors (Lipinski definition) is 2. The van der Waals surface area contributed by atoms with Crippen LogP contribution >= 0.6 is 10.5 Å². The van der Waals surface area contributed by atoms with Crippen molar-refractivity contribution in [3.63, 3.8) is 0 Å². The fourth-order valence-corrected chi connectivity index (χ4v) is 2.88. The summed E-state index contributed by atoms with van der Waals surface area (Å²) in [6, 6.07) is -0.274. The molecule has 0 fully saturated rings. The van der Waals surface area contributed by atoms with E-state index in [1.54, 1.807) is 0 Å². The molecule has 0 aromatic carbocycles. The van der Waals surface area contributed by atoms with Crippen molar-refractivity contribution >= 4 is 21.1 Å². The molecule has 0 saturated heterocycles. The summed E-state index contributed by atoms with van der Waals surface area (Å²) < 4.78 is 0. The van der Waals surface area contributed by atoms with Gasteiger partial charge in [-0.05, 0) is 5.92 Å². The minimum Gasteiger partial charge on any atom is -0.321 e. The van der Waals surface area contributed by atoms with Crippen LogP contribution in [0.2, 0.25) is 0 Å². The smallest absolute Gasteiger partial charge is 0.201 e. The topological polar surface area (TPSA) is 55.1 Å². The van der Waals surface area contributed by atoms with Gasteiger partial charge in [0, 0.05) is 17.8 Å². The van der Waals surface area contributed by atoms with Crippen LogP contribution in [0.15, 0.2) is 0 Å². The number of nitrogens with two attached hydrogens (primary N) is 1. The van der Waals surface area contributed by atoms with Crippen LogP contribution in [0.25, 0.3) is 0 Å². The zero-order chi connectivity index (χ0) is 9.84. The first-order valence-electron chi connectivity index (χ1n) is 4.72. The van der Waals surface area contributed by atoms with Gasteiger partial charge in [0.2, 0.25) is 5.12 Å². The highest BCUT2D eigenvalue weighted by atomic mass is 32.2. The molecule has 0 aliphatic carbocycles. The van der Waals surface area contributed by atoms with Crippen LogP contribution in [-0.4, -0.2) is 28.9 Å². The van der Waals surface area contributed by atoms with Gasteiger partial charge in [0.25, 0.3) is 0 Å². The molecule has 0 aromatic rings. The Morgan fingerprint density at radius 1 is 1.77 bits per heavy atom. The average Bonchev–Trinajstić information content (AvgIpc) is 2.67. The maximum Gasteiger partial charge on any atom is 0.201 e. The van der Waals surface area contributed by atoms with Crippen LogP contribution in [0.4, 0.5) is 0 Å². The molecule has 1 heterocycles. The summed E-state index contributed by atoms with van der Waals surface area (Å²) in [5, 5.41) is 3.30. The van der Waals surface area contributed by atoms with Gasteiger partial charge in [-0.1, -0.05) is 20.3 Å². The third kappa shape index (κ3) is 2.62. The first-order valence-corrected chi connectivity index (χ1v) is 6.18. The predicted molar refractivity (Wildman–Crippen MR) is 59.0 cm³/mol. The van der Waals surface area contributed by atoms with Gasteiger partial charge in [-0.3, -0.25) is 10.1 Å². The molecule has 0 aromatic heterocycles. The van der Waals surface area contributed by atoms with Crippen molar-refractivity contribution in [2.24, 2.45) is 11.7 Å². The zero-order valence-electron chi connectivity index (χ0n) is 8.25. The molecule has 1 rings (SSSR count).